The van der Waals surface area contributed by atoms with E-state index in [0.717, 1.165) is 11.5 Å². The molecule has 0 unspecified atom stereocenters. The molecule has 0 radical (unpaired) electrons. The number of nitrogens with two attached hydrogens (primary N) is 2. The Hall–Kier alpha value is -1.91. The molecule has 0 amide bonds. The standard InChI is InChI=1S/C10H15N3O2/c1-14-8-2-4-9(5-3-8)15-7-6-13-10(11)12/h2-5H,6-7H2,1H3,(H4,11,12,13). The molecule has 0 fully saturated rings. The van der Waals surface area contributed by atoms with Crippen LogP contribution in [0, 0.1) is 0 Å². The molecular formula is C10H15N3O2. The zero-order chi connectivity index (χ0) is 11.1. The average molecular weight is 209 g/mol. The van der Waals surface area contributed by atoms with Crippen molar-refractivity contribution in [2.24, 2.45) is 16.5 Å². The van der Waals surface area contributed by atoms with Gasteiger partial charge in [-0.15, -0.1) is 0 Å². The summed E-state index contributed by atoms with van der Waals surface area (Å²) in [7, 11) is 1.62. The van der Waals surface area contributed by atoms with Crippen LogP contribution in [-0.4, -0.2) is 26.2 Å². The molecule has 0 aromatic heterocycles. The maximum atomic E-state index is 5.38. The lowest BCUT2D eigenvalue weighted by Gasteiger charge is -2.05. The van der Waals surface area contributed by atoms with Crippen LogP contribution in [0.15, 0.2) is 29.3 Å². The largest absolute Gasteiger partial charge is 0.497 e. The van der Waals surface area contributed by atoms with E-state index in [2.05, 4.69) is 4.99 Å². The van der Waals surface area contributed by atoms with Crippen LogP contribution in [0.4, 0.5) is 0 Å². The van der Waals surface area contributed by atoms with Gasteiger partial charge in [0.2, 0.25) is 0 Å². The van der Waals surface area contributed by atoms with E-state index in [9.17, 15) is 0 Å². The fourth-order valence-electron chi connectivity index (χ4n) is 1.01. The highest BCUT2D eigenvalue weighted by Gasteiger charge is 1.94. The summed E-state index contributed by atoms with van der Waals surface area (Å²) in [4.78, 5) is 3.80. The number of hydrogen-bond donors (Lipinski definition) is 2. The van der Waals surface area contributed by atoms with E-state index in [0.29, 0.717) is 13.2 Å². The minimum atomic E-state index is 0.0772. The van der Waals surface area contributed by atoms with Crippen LogP contribution in [0.3, 0.4) is 0 Å². The monoisotopic (exact) mass is 209 g/mol. The molecule has 0 saturated heterocycles. The Balaban J connectivity index is 2.35. The topological polar surface area (TPSA) is 82.9 Å². The molecule has 82 valence electrons. The Kier molecular flexibility index (Phi) is 4.28. The van der Waals surface area contributed by atoms with Crippen molar-refractivity contribution in [3.05, 3.63) is 24.3 Å². The predicted octanol–water partition coefficient (Wildman–Crippen LogP) is 0.347. The van der Waals surface area contributed by atoms with Crippen molar-refractivity contribution < 1.29 is 9.47 Å². The van der Waals surface area contributed by atoms with Gasteiger partial charge in [0.1, 0.15) is 18.1 Å². The highest BCUT2D eigenvalue weighted by atomic mass is 16.5. The van der Waals surface area contributed by atoms with Crippen LogP contribution in [-0.2, 0) is 0 Å². The summed E-state index contributed by atoms with van der Waals surface area (Å²) in [6, 6.07) is 7.31. The molecule has 0 aliphatic carbocycles. The number of guanidine groups is 1. The second-order valence-electron chi connectivity index (χ2n) is 2.83. The van der Waals surface area contributed by atoms with Gasteiger partial charge < -0.3 is 20.9 Å². The molecule has 0 bridgehead atoms. The third kappa shape index (κ3) is 4.21. The first-order valence-electron chi connectivity index (χ1n) is 4.54. The smallest absolute Gasteiger partial charge is 0.186 e. The van der Waals surface area contributed by atoms with Crippen LogP contribution < -0.4 is 20.9 Å². The molecule has 0 saturated carbocycles. The van der Waals surface area contributed by atoms with Crippen LogP contribution in [0.1, 0.15) is 0 Å². The molecule has 1 aromatic carbocycles. The van der Waals surface area contributed by atoms with Crippen LogP contribution >= 0.6 is 0 Å². The minimum absolute atomic E-state index is 0.0772. The molecule has 0 aliphatic rings. The number of ether oxygens (including phenoxy) is 2. The van der Waals surface area contributed by atoms with E-state index in [1.165, 1.54) is 0 Å². The van der Waals surface area contributed by atoms with Crippen molar-refractivity contribution in [2.75, 3.05) is 20.3 Å². The van der Waals surface area contributed by atoms with E-state index in [4.69, 9.17) is 20.9 Å². The van der Waals surface area contributed by atoms with E-state index in [1.54, 1.807) is 7.11 Å². The zero-order valence-corrected chi connectivity index (χ0v) is 8.64. The second-order valence-corrected chi connectivity index (χ2v) is 2.83. The third-order valence-corrected chi connectivity index (χ3v) is 1.71. The van der Waals surface area contributed by atoms with E-state index >= 15 is 0 Å². The van der Waals surface area contributed by atoms with Crippen molar-refractivity contribution in [3.8, 4) is 11.5 Å². The molecule has 0 spiro atoms. The fraction of sp³-hybridized carbons (Fsp3) is 0.300. The Bertz CT molecular complexity index is 318. The van der Waals surface area contributed by atoms with Gasteiger partial charge in [-0.05, 0) is 24.3 Å². The lowest BCUT2D eigenvalue weighted by atomic mass is 10.3. The summed E-state index contributed by atoms with van der Waals surface area (Å²) in [5, 5.41) is 0. The van der Waals surface area contributed by atoms with Crippen molar-refractivity contribution in [2.45, 2.75) is 0 Å². The molecular weight excluding hydrogens is 194 g/mol. The number of nitrogens with zero attached hydrogens (tertiary/aromatic N) is 1. The zero-order valence-electron chi connectivity index (χ0n) is 8.64. The van der Waals surface area contributed by atoms with Gasteiger partial charge >= 0.3 is 0 Å². The minimum Gasteiger partial charge on any atom is -0.497 e. The Morgan fingerprint density at radius 1 is 1.20 bits per heavy atom. The lowest BCUT2D eigenvalue weighted by Crippen LogP contribution is -2.23. The normalized spacial score (nSPS) is 9.40. The molecule has 1 aromatic rings. The second kappa shape index (κ2) is 5.74. The van der Waals surface area contributed by atoms with Gasteiger partial charge in [0, 0.05) is 0 Å². The Morgan fingerprint density at radius 2 is 1.80 bits per heavy atom. The van der Waals surface area contributed by atoms with Gasteiger partial charge in [-0.2, -0.15) is 0 Å². The summed E-state index contributed by atoms with van der Waals surface area (Å²) >= 11 is 0. The Morgan fingerprint density at radius 3 is 2.33 bits per heavy atom. The molecule has 1 rings (SSSR count). The van der Waals surface area contributed by atoms with Crippen molar-refractivity contribution in [3.63, 3.8) is 0 Å². The highest BCUT2D eigenvalue weighted by Crippen LogP contribution is 2.16. The van der Waals surface area contributed by atoms with Crippen molar-refractivity contribution in [1.29, 1.82) is 0 Å². The first-order chi connectivity index (χ1) is 7.22. The quantitative estimate of drug-likeness (QED) is 0.416. The predicted molar refractivity (Wildman–Crippen MR) is 59.2 cm³/mol. The fourth-order valence-corrected chi connectivity index (χ4v) is 1.01. The number of benzene rings is 1. The van der Waals surface area contributed by atoms with Gasteiger partial charge in [-0.3, -0.25) is 4.99 Å². The summed E-state index contributed by atoms with van der Waals surface area (Å²) in [5.41, 5.74) is 10.3. The summed E-state index contributed by atoms with van der Waals surface area (Å²) in [6.07, 6.45) is 0. The average Bonchev–Trinajstić information content (AvgIpc) is 2.25. The SMILES string of the molecule is COc1ccc(OCCN=C(N)N)cc1. The molecule has 5 nitrogen and oxygen atoms in total. The molecule has 4 N–H and O–H groups in total. The van der Waals surface area contributed by atoms with Gasteiger partial charge in [0.15, 0.2) is 5.96 Å². The van der Waals surface area contributed by atoms with E-state index in [1.807, 2.05) is 24.3 Å². The van der Waals surface area contributed by atoms with Crippen LogP contribution in [0.5, 0.6) is 11.5 Å². The number of methoxy groups -OCH3 is 1. The summed E-state index contributed by atoms with van der Waals surface area (Å²) in [6.45, 7) is 0.901. The maximum Gasteiger partial charge on any atom is 0.186 e. The van der Waals surface area contributed by atoms with Crippen LogP contribution in [0.2, 0.25) is 0 Å². The third-order valence-electron chi connectivity index (χ3n) is 1.71. The molecule has 0 atom stereocenters. The van der Waals surface area contributed by atoms with Gasteiger partial charge in [-0.1, -0.05) is 0 Å². The first kappa shape index (κ1) is 11.2. The molecule has 15 heavy (non-hydrogen) atoms. The number of rotatable bonds is 5. The number of hydrogen-bond acceptors (Lipinski definition) is 3. The maximum absolute atomic E-state index is 5.38. The van der Waals surface area contributed by atoms with Crippen molar-refractivity contribution >= 4 is 5.96 Å². The lowest BCUT2D eigenvalue weighted by molar-refractivity contribution is 0.327. The highest BCUT2D eigenvalue weighted by molar-refractivity contribution is 5.75. The van der Waals surface area contributed by atoms with Gasteiger partial charge in [-0.25, -0.2) is 0 Å². The summed E-state index contributed by atoms with van der Waals surface area (Å²) in [5.74, 6) is 1.64. The Labute approximate surface area is 88.7 Å². The first-order valence-corrected chi connectivity index (χ1v) is 4.54. The van der Waals surface area contributed by atoms with Gasteiger partial charge in [0.25, 0.3) is 0 Å². The van der Waals surface area contributed by atoms with E-state index in [-0.39, 0.29) is 5.96 Å². The molecule has 0 heterocycles. The van der Waals surface area contributed by atoms with Gasteiger partial charge in [0.05, 0.1) is 13.7 Å². The van der Waals surface area contributed by atoms with Crippen molar-refractivity contribution in [1.82, 2.24) is 0 Å². The molecule has 5 heteroatoms. The number of aliphatic imine (C=N–C) groups is 1. The molecule has 0 aliphatic heterocycles. The summed E-state index contributed by atoms with van der Waals surface area (Å²) < 4.78 is 10.4. The van der Waals surface area contributed by atoms with Crippen LogP contribution in [0.25, 0.3) is 0 Å². The van der Waals surface area contributed by atoms with E-state index < -0.39 is 0 Å².